The highest BCUT2D eigenvalue weighted by molar-refractivity contribution is 14.0. The summed E-state index contributed by atoms with van der Waals surface area (Å²) in [6, 6.07) is 0. The zero-order valence-corrected chi connectivity index (χ0v) is 17.2. The van der Waals surface area contributed by atoms with E-state index in [9.17, 15) is 0 Å². The Bertz CT molecular complexity index is 349. The molecule has 130 valence electrons. The van der Waals surface area contributed by atoms with Crippen molar-refractivity contribution < 1.29 is 0 Å². The summed E-state index contributed by atoms with van der Waals surface area (Å²) < 4.78 is 0. The number of guanidine groups is 1. The normalized spacial score (nSPS) is 23.5. The largest absolute Gasteiger partial charge is 0.357 e. The zero-order valence-electron chi connectivity index (χ0n) is 14.9. The minimum absolute atomic E-state index is 0. The van der Waals surface area contributed by atoms with Crippen molar-refractivity contribution >= 4 is 29.9 Å². The number of piperidine rings is 1. The van der Waals surface area contributed by atoms with Gasteiger partial charge in [-0.05, 0) is 64.1 Å². The highest BCUT2D eigenvalue weighted by Crippen LogP contribution is 2.28. The van der Waals surface area contributed by atoms with Crippen LogP contribution in [0.2, 0.25) is 0 Å². The van der Waals surface area contributed by atoms with Gasteiger partial charge in [-0.3, -0.25) is 4.99 Å². The SMILES string of the molecule is CCNC(=NCCC1CCN(C)CC1)N1CCC(C)(C)C1.I. The number of hydrogen-bond donors (Lipinski definition) is 1. The molecule has 22 heavy (non-hydrogen) atoms. The second kappa shape index (κ2) is 9.30. The van der Waals surface area contributed by atoms with Gasteiger partial charge in [-0.25, -0.2) is 0 Å². The molecule has 0 amide bonds. The van der Waals surface area contributed by atoms with E-state index in [4.69, 9.17) is 4.99 Å². The minimum atomic E-state index is 0. The Balaban J connectivity index is 0.00000242. The summed E-state index contributed by atoms with van der Waals surface area (Å²) in [6.45, 7) is 13.6. The Kier molecular flexibility index (Phi) is 8.46. The van der Waals surface area contributed by atoms with E-state index in [0.29, 0.717) is 5.41 Å². The van der Waals surface area contributed by atoms with Crippen molar-refractivity contribution in [3.05, 3.63) is 0 Å². The molecule has 2 aliphatic rings. The van der Waals surface area contributed by atoms with Crippen LogP contribution in [0, 0.1) is 11.3 Å². The Morgan fingerprint density at radius 2 is 1.91 bits per heavy atom. The van der Waals surface area contributed by atoms with Crippen LogP contribution >= 0.6 is 24.0 Å². The third-order valence-electron chi connectivity index (χ3n) is 4.95. The highest BCUT2D eigenvalue weighted by atomic mass is 127. The molecule has 0 spiro atoms. The van der Waals surface area contributed by atoms with Crippen LogP contribution in [0.1, 0.15) is 46.5 Å². The third-order valence-corrected chi connectivity index (χ3v) is 4.95. The van der Waals surface area contributed by atoms with Crippen molar-refractivity contribution in [1.82, 2.24) is 15.1 Å². The van der Waals surface area contributed by atoms with Crippen LogP contribution in [0.15, 0.2) is 4.99 Å². The van der Waals surface area contributed by atoms with Crippen LogP contribution < -0.4 is 5.32 Å². The molecule has 1 N–H and O–H groups in total. The molecule has 2 fully saturated rings. The lowest BCUT2D eigenvalue weighted by Crippen LogP contribution is -2.41. The summed E-state index contributed by atoms with van der Waals surface area (Å²) in [4.78, 5) is 9.78. The minimum Gasteiger partial charge on any atom is -0.357 e. The van der Waals surface area contributed by atoms with E-state index >= 15 is 0 Å². The van der Waals surface area contributed by atoms with Crippen molar-refractivity contribution in [2.75, 3.05) is 46.3 Å². The Hall–Kier alpha value is -0.0400. The molecule has 4 nitrogen and oxygen atoms in total. The van der Waals surface area contributed by atoms with E-state index in [-0.39, 0.29) is 24.0 Å². The lowest BCUT2D eigenvalue weighted by Gasteiger charge is -2.28. The molecular formula is C17H35IN4. The molecule has 0 aromatic heterocycles. The second-order valence-electron chi connectivity index (χ2n) is 7.61. The Labute approximate surface area is 154 Å². The highest BCUT2D eigenvalue weighted by Gasteiger charge is 2.30. The van der Waals surface area contributed by atoms with Gasteiger partial charge in [-0.2, -0.15) is 0 Å². The van der Waals surface area contributed by atoms with Gasteiger partial charge in [0, 0.05) is 26.2 Å². The number of likely N-dealkylation sites (tertiary alicyclic amines) is 2. The molecule has 0 aromatic carbocycles. The number of halogens is 1. The summed E-state index contributed by atoms with van der Waals surface area (Å²) in [5, 5.41) is 3.47. The molecule has 5 heteroatoms. The number of hydrogen-bond acceptors (Lipinski definition) is 2. The first kappa shape index (κ1) is 20.0. The maximum Gasteiger partial charge on any atom is 0.193 e. The average Bonchev–Trinajstić information content (AvgIpc) is 2.80. The molecular weight excluding hydrogens is 387 g/mol. The molecule has 0 aromatic rings. The lowest BCUT2D eigenvalue weighted by atomic mass is 9.93. The van der Waals surface area contributed by atoms with Gasteiger partial charge in [-0.15, -0.1) is 24.0 Å². The maximum absolute atomic E-state index is 4.89. The third kappa shape index (κ3) is 6.22. The lowest BCUT2D eigenvalue weighted by molar-refractivity contribution is 0.214. The van der Waals surface area contributed by atoms with Crippen molar-refractivity contribution in [1.29, 1.82) is 0 Å². The number of nitrogens with zero attached hydrogens (tertiary/aromatic N) is 3. The van der Waals surface area contributed by atoms with E-state index in [0.717, 1.165) is 38.1 Å². The summed E-state index contributed by atoms with van der Waals surface area (Å²) in [5.41, 5.74) is 0.435. The van der Waals surface area contributed by atoms with E-state index in [1.807, 2.05) is 0 Å². The Morgan fingerprint density at radius 3 is 2.45 bits per heavy atom. The Morgan fingerprint density at radius 1 is 1.23 bits per heavy atom. The fraction of sp³-hybridized carbons (Fsp3) is 0.941. The van der Waals surface area contributed by atoms with Gasteiger partial charge in [-0.1, -0.05) is 13.8 Å². The molecule has 0 unspecified atom stereocenters. The monoisotopic (exact) mass is 422 g/mol. The predicted octanol–water partition coefficient (Wildman–Crippen LogP) is 3.03. The molecule has 2 heterocycles. The predicted molar refractivity (Wildman–Crippen MR) is 106 cm³/mol. The van der Waals surface area contributed by atoms with E-state index < -0.39 is 0 Å². The van der Waals surface area contributed by atoms with Crippen molar-refractivity contribution in [3.8, 4) is 0 Å². The van der Waals surface area contributed by atoms with Crippen molar-refractivity contribution in [2.24, 2.45) is 16.3 Å². The van der Waals surface area contributed by atoms with Gasteiger partial charge in [0.2, 0.25) is 0 Å². The fourth-order valence-electron chi connectivity index (χ4n) is 3.42. The van der Waals surface area contributed by atoms with E-state index in [1.165, 1.54) is 38.8 Å². The van der Waals surface area contributed by atoms with Gasteiger partial charge < -0.3 is 15.1 Å². The molecule has 0 atom stereocenters. The maximum atomic E-state index is 4.89. The molecule has 0 radical (unpaired) electrons. The second-order valence-corrected chi connectivity index (χ2v) is 7.61. The molecule has 2 saturated heterocycles. The summed E-state index contributed by atoms with van der Waals surface area (Å²) in [7, 11) is 2.23. The number of aliphatic imine (C=N–C) groups is 1. The fourth-order valence-corrected chi connectivity index (χ4v) is 3.42. The topological polar surface area (TPSA) is 30.9 Å². The average molecular weight is 422 g/mol. The van der Waals surface area contributed by atoms with Crippen LogP contribution in [-0.4, -0.2) is 62.1 Å². The molecule has 0 saturated carbocycles. The smallest absolute Gasteiger partial charge is 0.193 e. The van der Waals surface area contributed by atoms with Gasteiger partial charge in [0.15, 0.2) is 5.96 Å². The molecule has 2 rings (SSSR count). The number of nitrogens with one attached hydrogen (secondary N) is 1. The summed E-state index contributed by atoms with van der Waals surface area (Å²) >= 11 is 0. The van der Waals surface area contributed by atoms with Gasteiger partial charge in [0.25, 0.3) is 0 Å². The first-order chi connectivity index (χ1) is 10.00. The van der Waals surface area contributed by atoms with Gasteiger partial charge in [0.05, 0.1) is 0 Å². The molecule has 2 aliphatic heterocycles. The van der Waals surface area contributed by atoms with Crippen molar-refractivity contribution in [3.63, 3.8) is 0 Å². The number of rotatable bonds is 4. The van der Waals surface area contributed by atoms with E-state index in [2.05, 4.69) is 42.9 Å². The summed E-state index contributed by atoms with van der Waals surface area (Å²) in [6.07, 6.45) is 5.21. The molecule has 0 aliphatic carbocycles. The zero-order chi connectivity index (χ0) is 15.3. The molecule has 0 bridgehead atoms. The van der Waals surface area contributed by atoms with Crippen molar-refractivity contribution in [2.45, 2.75) is 46.5 Å². The first-order valence-corrected chi connectivity index (χ1v) is 8.72. The quantitative estimate of drug-likeness (QED) is 0.429. The van der Waals surface area contributed by atoms with Crippen LogP contribution in [0.5, 0.6) is 0 Å². The van der Waals surface area contributed by atoms with Crippen LogP contribution in [0.25, 0.3) is 0 Å². The van der Waals surface area contributed by atoms with Gasteiger partial charge in [0.1, 0.15) is 0 Å². The summed E-state index contributed by atoms with van der Waals surface area (Å²) in [5.74, 6) is 2.01. The van der Waals surface area contributed by atoms with E-state index in [1.54, 1.807) is 0 Å². The van der Waals surface area contributed by atoms with Crippen LogP contribution in [0.3, 0.4) is 0 Å². The van der Waals surface area contributed by atoms with Gasteiger partial charge >= 0.3 is 0 Å². The van der Waals surface area contributed by atoms with Crippen LogP contribution in [-0.2, 0) is 0 Å². The first-order valence-electron chi connectivity index (χ1n) is 8.72. The standard InChI is InChI=1S/C17H34N4.HI/c1-5-18-16(21-13-9-17(2,3)14-21)19-10-6-15-7-11-20(4)12-8-15;/h15H,5-14H2,1-4H3,(H,18,19);1H. The van der Waals surface area contributed by atoms with Crippen LogP contribution in [0.4, 0.5) is 0 Å².